The van der Waals surface area contributed by atoms with Crippen LogP contribution in [-0.2, 0) is 4.74 Å². The Balaban J connectivity index is 1.59. The summed E-state index contributed by atoms with van der Waals surface area (Å²) in [5.74, 6) is 1.53. The van der Waals surface area contributed by atoms with Crippen molar-refractivity contribution in [3.05, 3.63) is 29.8 Å². The van der Waals surface area contributed by atoms with Gasteiger partial charge in [0.25, 0.3) is 5.91 Å². The largest absolute Gasteiger partial charge is 0.508 e. The van der Waals surface area contributed by atoms with Crippen molar-refractivity contribution in [2.24, 2.45) is 10.9 Å². The quantitative estimate of drug-likeness (QED) is 0.272. The number of ether oxygens (including phenoxy) is 1. The van der Waals surface area contributed by atoms with Crippen LogP contribution in [0.3, 0.4) is 0 Å². The summed E-state index contributed by atoms with van der Waals surface area (Å²) in [6.45, 7) is 6.21. The molecule has 26 heavy (non-hydrogen) atoms. The Labute approximate surface area is 155 Å². The molecule has 1 aliphatic carbocycles. The summed E-state index contributed by atoms with van der Waals surface area (Å²) in [6, 6.07) is 6.18. The molecule has 0 aliphatic heterocycles. The van der Waals surface area contributed by atoms with Crippen LogP contribution < -0.4 is 16.0 Å². The van der Waals surface area contributed by atoms with Gasteiger partial charge in [0.05, 0.1) is 0 Å². The van der Waals surface area contributed by atoms with Crippen molar-refractivity contribution >= 4 is 11.9 Å². The van der Waals surface area contributed by atoms with E-state index >= 15 is 0 Å². The zero-order chi connectivity index (χ0) is 18.6. The van der Waals surface area contributed by atoms with E-state index in [9.17, 15) is 9.90 Å². The van der Waals surface area contributed by atoms with E-state index in [2.05, 4.69) is 20.9 Å². The molecule has 0 spiro atoms. The third kappa shape index (κ3) is 8.20. The van der Waals surface area contributed by atoms with Crippen LogP contribution in [0.5, 0.6) is 5.75 Å². The molecule has 0 aromatic heterocycles. The predicted octanol–water partition coefficient (Wildman–Crippen LogP) is 1.49. The molecule has 0 saturated heterocycles. The molecule has 1 fully saturated rings. The van der Waals surface area contributed by atoms with E-state index in [4.69, 9.17) is 4.74 Å². The minimum Gasteiger partial charge on any atom is -0.508 e. The normalized spacial score (nSPS) is 14.1. The highest BCUT2D eigenvalue weighted by Gasteiger charge is 2.20. The Kier molecular flexibility index (Phi) is 8.75. The van der Waals surface area contributed by atoms with E-state index in [-0.39, 0.29) is 11.7 Å². The van der Waals surface area contributed by atoms with Gasteiger partial charge in [-0.3, -0.25) is 9.79 Å². The van der Waals surface area contributed by atoms with Gasteiger partial charge in [0.15, 0.2) is 5.96 Å². The second kappa shape index (κ2) is 11.4. The SMILES string of the molecule is CCNC(=NCCCOCC1CC1)NCCNC(=O)c1ccc(O)cc1. The van der Waals surface area contributed by atoms with Crippen LogP contribution in [0.15, 0.2) is 29.3 Å². The summed E-state index contributed by atoms with van der Waals surface area (Å²) in [6.07, 6.45) is 3.53. The molecule has 0 bridgehead atoms. The molecule has 1 saturated carbocycles. The van der Waals surface area contributed by atoms with Gasteiger partial charge in [-0.15, -0.1) is 0 Å². The first-order chi connectivity index (χ1) is 12.7. The van der Waals surface area contributed by atoms with Crippen molar-refractivity contribution in [3.63, 3.8) is 0 Å². The summed E-state index contributed by atoms with van der Waals surface area (Å²) in [5.41, 5.74) is 0.523. The van der Waals surface area contributed by atoms with Crippen LogP contribution in [0.25, 0.3) is 0 Å². The Morgan fingerprint density at radius 1 is 1.19 bits per heavy atom. The molecule has 7 heteroatoms. The molecule has 2 rings (SSSR count). The van der Waals surface area contributed by atoms with Gasteiger partial charge in [-0.2, -0.15) is 0 Å². The first kappa shape index (κ1) is 20.0. The minimum absolute atomic E-state index is 0.146. The Morgan fingerprint density at radius 3 is 2.62 bits per heavy atom. The zero-order valence-corrected chi connectivity index (χ0v) is 15.5. The van der Waals surface area contributed by atoms with E-state index < -0.39 is 0 Å². The third-order valence-corrected chi connectivity index (χ3v) is 3.94. The van der Waals surface area contributed by atoms with E-state index in [0.717, 1.165) is 38.1 Å². The van der Waals surface area contributed by atoms with Crippen molar-refractivity contribution in [1.29, 1.82) is 0 Å². The lowest BCUT2D eigenvalue weighted by atomic mass is 10.2. The molecule has 0 unspecified atom stereocenters. The molecule has 144 valence electrons. The summed E-state index contributed by atoms with van der Waals surface area (Å²) < 4.78 is 5.60. The molecule has 1 amide bonds. The average molecular weight is 362 g/mol. The number of carbonyl (C=O) groups excluding carboxylic acids is 1. The van der Waals surface area contributed by atoms with Gasteiger partial charge in [0.1, 0.15) is 5.75 Å². The van der Waals surface area contributed by atoms with Gasteiger partial charge in [-0.05, 0) is 56.4 Å². The van der Waals surface area contributed by atoms with E-state index in [1.54, 1.807) is 12.1 Å². The third-order valence-electron chi connectivity index (χ3n) is 3.94. The van der Waals surface area contributed by atoms with E-state index in [1.807, 2.05) is 6.92 Å². The fourth-order valence-corrected chi connectivity index (χ4v) is 2.31. The number of aromatic hydroxyl groups is 1. The molecule has 1 aromatic rings. The van der Waals surface area contributed by atoms with Gasteiger partial charge in [-0.1, -0.05) is 0 Å². The number of guanidine groups is 1. The fourth-order valence-electron chi connectivity index (χ4n) is 2.31. The summed E-state index contributed by atoms with van der Waals surface area (Å²) >= 11 is 0. The van der Waals surface area contributed by atoms with Crippen LogP contribution in [0.1, 0.15) is 36.5 Å². The molecular weight excluding hydrogens is 332 g/mol. The highest BCUT2D eigenvalue weighted by Crippen LogP contribution is 2.28. The van der Waals surface area contributed by atoms with Crippen LogP contribution in [0.2, 0.25) is 0 Å². The average Bonchev–Trinajstić information content (AvgIpc) is 3.46. The van der Waals surface area contributed by atoms with Crippen LogP contribution in [0, 0.1) is 5.92 Å². The molecule has 0 radical (unpaired) electrons. The lowest BCUT2D eigenvalue weighted by Crippen LogP contribution is -2.41. The highest BCUT2D eigenvalue weighted by atomic mass is 16.5. The number of phenolic OH excluding ortho intramolecular Hbond substituents is 1. The molecule has 4 N–H and O–H groups in total. The van der Waals surface area contributed by atoms with Crippen molar-refractivity contribution < 1.29 is 14.6 Å². The van der Waals surface area contributed by atoms with E-state index in [1.165, 1.54) is 25.0 Å². The van der Waals surface area contributed by atoms with Crippen LogP contribution in [-0.4, -0.2) is 56.4 Å². The van der Waals surface area contributed by atoms with Crippen LogP contribution in [0.4, 0.5) is 0 Å². The predicted molar refractivity (Wildman–Crippen MR) is 103 cm³/mol. The molecule has 0 heterocycles. The van der Waals surface area contributed by atoms with Gasteiger partial charge in [0, 0.05) is 45.0 Å². The van der Waals surface area contributed by atoms with E-state index in [0.29, 0.717) is 25.2 Å². The smallest absolute Gasteiger partial charge is 0.251 e. The van der Waals surface area contributed by atoms with Crippen molar-refractivity contribution in [2.75, 3.05) is 39.4 Å². The molecule has 1 aliphatic rings. The minimum atomic E-state index is -0.165. The maximum atomic E-state index is 12.0. The number of amides is 1. The zero-order valence-electron chi connectivity index (χ0n) is 15.5. The number of hydrogen-bond acceptors (Lipinski definition) is 4. The summed E-state index contributed by atoms with van der Waals surface area (Å²) in [5, 5.41) is 18.5. The number of rotatable bonds is 11. The summed E-state index contributed by atoms with van der Waals surface area (Å²) in [4.78, 5) is 16.5. The Hall–Kier alpha value is -2.28. The number of nitrogens with zero attached hydrogens (tertiary/aromatic N) is 1. The number of phenols is 1. The van der Waals surface area contributed by atoms with Gasteiger partial charge in [-0.25, -0.2) is 0 Å². The maximum Gasteiger partial charge on any atom is 0.251 e. The second-order valence-electron chi connectivity index (χ2n) is 6.36. The van der Waals surface area contributed by atoms with Crippen molar-refractivity contribution in [1.82, 2.24) is 16.0 Å². The lowest BCUT2D eigenvalue weighted by molar-refractivity contribution is 0.0954. The van der Waals surface area contributed by atoms with Gasteiger partial charge >= 0.3 is 0 Å². The summed E-state index contributed by atoms with van der Waals surface area (Å²) in [7, 11) is 0. The topological polar surface area (TPSA) is 95.0 Å². The first-order valence-electron chi connectivity index (χ1n) is 9.36. The fraction of sp³-hybridized carbons (Fsp3) is 0.579. The van der Waals surface area contributed by atoms with Crippen molar-refractivity contribution in [2.45, 2.75) is 26.2 Å². The van der Waals surface area contributed by atoms with Crippen LogP contribution >= 0.6 is 0 Å². The molecule has 1 aromatic carbocycles. The maximum absolute atomic E-state index is 12.0. The Morgan fingerprint density at radius 2 is 1.92 bits per heavy atom. The standard InChI is InChI=1S/C19H30N4O3/c1-2-20-19(22-10-3-13-26-14-15-4-5-15)23-12-11-21-18(25)16-6-8-17(24)9-7-16/h6-9,15,24H,2-5,10-14H2,1H3,(H,21,25)(H2,20,22,23). The number of nitrogens with one attached hydrogen (secondary N) is 3. The number of benzene rings is 1. The molecule has 0 atom stereocenters. The second-order valence-corrected chi connectivity index (χ2v) is 6.36. The number of hydrogen-bond donors (Lipinski definition) is 4. The lowest BCUT2D eigenvalue weighted by Gasteiger charge is -2.12. The van der Waals surface area contributed by atoms with Gasteiger partial charge < -0.3 is 25.8 Å². The number of aliphatic imine (C=N–C) groups is 1. The van der Waals surface area contributed by atoms with Gasteiger partial charge in [0.2, 0.25) is 0 Å². The van der Waals surface area contributed by atoms with Crippen molar-refractivity contribution in [3.8, 4) is 5.75 Å². The Bertz CT molecular complexity index is 571. The number of carbonyl (C=O) groups is 1. The molecule has 7 nitrogen and oxygen atoms in total. The highest BCUT2D eigenvalue weighted by molar-refractivity contribution is 5.94. The monoisotopic (exact) mass is 362 g/mol. The first-order valence-corrected chi connectivity index (χ1v) is 9.36. The molecular formula is C19H30N4O3.